The van der Waals surface area contributed by atoms with Crippen LogP contribution in [0.2, 0.25) is 0 Å². The standard InChI is InChI=1S/C10H11FO2S/c1-8(7-14(2,12)13)9-3-5-10(11)6-4-9/h3-6H,1,7H2,2H3. The first-order valence-electron chi connectivity index (χ1n) is 4.00. The average Bonchev–Trinajstić information content (AvgIpc) is 2.02. The molecule has 0 bridgehead atoms. The van der Waals surface area contributed by atoms with Crippen LogP contribution in [0.4, 0.5) is 4.39 Å². The zero-order valence-electron chi connectivity index (χ0n) is 7.83. The fraction of sp³-hybridized carbons (Fsp3) is 0.200. The van der Waals surface area contributed by atoms with Gasteiger partial charge >= 0.3 is 0 Å². The maximum Gasteiger partial charge on any atom is 0.151 e. The van der Waals surface area contributed by atoms with E-state index < -0.39 is 9.84 Å². The second kappa shape index (κ2) is 3.92. The van der Waals surface area contributed by atoms with Crippen molar-refractivity contribution in [3.8, 4) is 0 Å². The third-order valence-corrected chi connectivity index (χ3v) is 2.56. The van der Waals surface area contributed by atoms with Gasteiger partial charge in [0.25, 0.3) is 0 Å². The van der Waals surface area contributed by atoms with Crippen LogP contribution in [0.3, 0.4) is 0 Å². The molecule has 14 heavy (non-hydrogen) atoms. The summed E-state index contributed by atoms with van der Waals surface area (Å²) in [6, 6.07) is 5.59. The van der Waals surface area contributed by atoms with E-state index in [-0.39, 0.29) is 11.6 Å². The second-order valence-electron chi connectivity index (χ2n) is 3.18. The third kappa shape index (κ3) is 3.30. The van der Waals surface area contributed by atoms with Crippen molar-refractivity contribution >= 4 is 15.4 Å². The van der Waals surface area contributed by atoms with Gasteiger partial charge in [0, 0.05) is 6.26 Å². The van der Waals surface area contributed by atoms with Gasteiger partial charge in [-0.2, -0.15) is 0 Å². The first-order valence-corrected chi connectivity index (χ1v) is 6.06. The van der Waals surface area contributed by atoms with Gasteiger partial charge in [0.15, 0.2) is 9.84 Å². The van der Waals surface area contributed by atoms with Gasteiger partial charge in [0.05, 0.1) is 5.75 Å². The van der Waals surface area contributed by atoms with Gasteiger partial charge in [-0.25, -0.2) is 12.8 Å². The minimum Gasteiger partial charge on any atom is -0.229 e. The van der Waals surface area contributed by atoms with Crippen LogP contribution in [0, 0.1) is 5.82 Å². The van der Waals surface area contributed by atoms with Gasteiger partial charge in [0.2, 0.25) is 0 Å². The highest BCUT2D eigenvalue weighted by Gasteiger charge is 2.07. The van der Waals surface area contributed by atoms with Crippen molar-refractivity contribution in [1.82, 2.24) is 0 Å². The van der Waals surface area contributed by atoms with Crippen molar-refractivity contribution < 1.29 is 12.8 Å². The lowest BCUT2D eigenvalue weighted by Crippen LogP contribution is -2.04. The monoisotopic (exact) mass is 214 g/mol. The molecule has 4 heteroatoms. The summed E-state index contributed by atoms with van der Waals surface area (Å²) in [5.74, 6) is -0.445. The van der Waals surface area contributed by atoms with Crippen molar-refractivity contribution in [1.29, 1.82) is 0 Å². The van der Waals surface area contributed by atoms with Gasteiger partial charge < -0.3 is 0 Å². The molecule has 0 unspecified atom stereocenters. The molecular formula is C10H11FO2S. The Morgan fingerprint density at radius 2 is 1.86 bits per heavy atom. The Kier molecular flexibility index (Phi) is 3.06. The molecule has 1 aromatic rings. The normalized spacial score (nSPS) is 11.3. The molecule has 0 aliphatic rings. The Morgan fingerprint density at radius 1 is 1.36 bits per heavy atom. The minimum atomic E-state index is -3.07. The summed E-state index contributed by atoms with van der Waals surface area (Å²) in [6.45, 7) is 3.64. The molecule has 2 nitrogen and oxygen atoms in total. The highest BCUT2D eigenvalue weighted by molar-refractivity contribution is 7.91. The topological polar surface area (TPSA) is 34.1 Å². The number of rotatable bonds is 3. The molecule has 1 aromatic carbocycles. The molecular weight excluding hydrogens is 203 g/mol. The van der Waals surface area contributed by atoms with Crippen molar-refractivity contribution in [2.75, 3.05) is 12.0 Å². The lowest BCUT2D eigenvalue weighted by atomic mass is 10.1. The van der Waals surface area contributed by atoms with Crippen LogP contribution >= 0.6 is 0 Å². The van der Waals surface area contributed by atoms with Crippen LogP contribution in [-0.4, -0.2) is 20.4 Å². The van der Waals surface area contributed by atoms with Crippen LogP contribution < -0.4 is 0 Å². The SMILES string of the molecule is C=C(CS(C)(=O)=O)c1ccc(F)cc1. The van der Waals surface area contributed by atoms with Crippen LogP contribution in [0.25, 0.3) is 5.57 Å². The van der Waals surface area contributed by atoms with Gasteiger partial charge in [-0.3, -0.25) is 0 Å². The molecule has 76 valence electrons. The van der Waals surface area contributed by atoms with E-state index in [2.05, 4.69) is 6.58 Å². The Balaban J connectivity index is 2.86. The zero-order valence-corrected chi connectivity index (χ0v) is 8.64. The highest BCUT2D eigenvalue weighted by Crippen LogP contribution is 2.14. The zero-order chi connectivity index (χ0) is 10.8. The van der Waals surface area contributed by atoms with Crippen LogP contribution in [0.5, 0.6) is 0 Å². The average molecular weight is 214 g/mol. The second-order valence-corrected chi connectivity index (χ2v) is 5.32. The summed E-state index contributed by atoms with van der Waals surface area (Å²) in [5.41, 5.74) is 1.13. The van der Waals surface area contributed by atoms with Crippen LogP contribution in [0.1, 0.15) is 5.56 Å². The minimum absolute atomic E-state index is 0.0986. The van der Waals surface area contributed by atoms with Gasteiger partial charge in [0.1, 0.15) is 5.82 Å². The molecule has 0 spiro atoms. The van der Waals surface area contributed by atoms with E-state index in [0.29, 0.717) is 11.1 Å². The van der Waals surface area contributed by atoms with Gasteiger partial charge in [-0.1, -0.05) is 18.7 Å². The number of hydrogen-bond acceptors (Lipinski definition) is 2. The van der Waals surface area contributed by atoms with E-state index in [4.69, 9.17) is 0 Å². The number of halogens is 1. The molecule has 0 saturated carbocycles. The fourth-order valence-corrected chi connectivity index (χ4v) is 1.89. The van der Waals surface area contributed by atoms with E-state index in [1.54, 1.807) is 0 Å². The van der Waals surface area contributed by atoms with E-state index in [1.807, 2.05) is 0 Å². The summed E-state index contributed by atoms with van der Waals surface area (Å²) >= 11 is 0. The lowest BCUT2D eigenvalue weighted by Gasteiger charge is -2.03. The smallest absolute Gasteiger partial charge is 0.151 e. The molecule has 0 aliphatic heterocycles. The molecule has 0 radical (unpaired) electrons. The van der Waals surface area contributed by atoms with Gasteiger partial charge in [-0.05, 0) is 23.3 Å². The van der Waals surface area contributed by atoms with E-state index in [1.165, 1.54) is 24.3 Å². The number of sulfone groups is 1. The van der Waals surface area contributed by atoms with Crippen molar-refractivity contribution in [2.45, 2.75) is 0 Å². The Hall–Kier alpha value is -1.16. The first-order chi connectivity index (χ1) is 6.38. The number of benzene rings is 1. The summed E-state index contributed by atoms with van der Waals surface area (Å²) in [4.78, 5) is 0. The Morgan fingerprint density at radius 3 is 2.29 bits per heavy atom. The van der Waals surface area contributed by atoms with Crippen LogP contribution in [0.15, 0.2) is 30.8 Å². The maximum absolute atomic E-state index is 12.5. The quantitative estimate of drug-likeness (QED) is 0.770. The van der Waals surface area contributed by atoms with E-state index >= 15 is 0 Å². The lowest BCUT2D eigenvalue weighted by molar-refractivity contribution is 0.605. The summed E-state index contributed by atoms with van der Waals surface area (Å²) in [7, 11) is -3.07. The van der Waals surface area contributed by atoms with Gasteiger partial charge in [-0.15, -0.1) is 0 Å². The molecule has 0 aliphatic carbocycles. The molecule has 0 N–H and O–H groups in total. The molecule has 0 atom stereocenters. The molecule has 0 aromatic heterocycles. The molecule has 0 heterocycles. The van der Waals surface area contributed by atoms with Crippen molar-refractivity contribution in [2.24, 2.45) is 0 Å². The Labute approximate surface area is 83.0 Å². The largest absolute Gasteiger partial charge is 0.229 e. The van der Waals surface area contributed by atoms with E-state index in [0.717, 1.165) is 6.26 Å². The Bertz CT molecular complexity index is 432. The van der Waals surface area contributed by atoms with Crippen molar-refractivity contribution in [3.63, 3.8) is 0 Å². The van der Waals surface area contributed by atoms with Crippen molar-refractivity contribution in [3.05, 3.63) is 42.2 Å². The number of hydrogen-bond donors (Lipinski definition) is 0. The molecule has 1 rings (SSSR count). The molecule has 0 amide bonds. The highest BCUT2D eigenvalue weighted by atomic mass is 32.2. The molecule has 0 fully saturated rings. The maximum atomic E-state index is 12.5. The first kappa shape index (κ1) is 10.9. The summed E-state index contributed by atoms with van der Waals surface area (Å²) in [5, 5.41) is 0. The fourth-order valence-electron chi connectivity index (χ4n) is 1.09. The third-order valence-electron chi connectivity index (χ3n) is 1.69. The summed E-state index contributed by atoms with van der Waals surface area (Å²) in [6.07, 6.45) is 1.14. The van der Waals surface area contributed by atoms with E-state index in [9.17, 15) is 12.8 Å². The predicted octanol–water partition coefficient (Wildman–Crippen LogP) is 1.88. The molecule has 0 saturated heterocycles. The summed E-state index contributed by atoms with van der Waals surface area (Å²) < 4.78 is 34.4. The van der Waals surface area contributed by atoms with Crippen LogP contribution in [-0.2, 0) is 9.84 Å². The predicted molar refractivity (Wildman–Crippen MR) is 55.1 cm³/mol.